The maximum atomic E-state index is 5.56. The van der Waals surface area contributed by atoms with Gasteiger partial charge in [-0.05, 0) is 14.1 Å². The van der Waals surface area contributed by atoms with Gasteiger partial charge in [0.05, 0.1) is 0 Å². The van der Waals surface area contributed by atoms with Crippen molar-refractivity contribution in [1.29, 1.82) is 0 Å². The molecule has 0 aromatic rings. The lowest BCUT2D eigenvalue weighted by molar-refractivity contribution is 0.694. The maximum absolute atomic E-state index is 5.56. The van der Waals surface area contributed by atoms with Gasteiger partial charge in [0.1, 0.15) is 5.74 Å². The molecule has 0 amide bonds. The highest BCUT2D eigenvalue weighted by molar-refractivity contribution is 8.13. The molecule has 7 heavy (non-hydrogen) atoms. The molecule has 0 saturated heterocycles. The van der Waals surface area contributed by atoms with E-state index in [1.807, 2.05) is 0 Å². The van der Waals surface area contributed by atoms with Crippen LogP contribution in [0.3, 0.4) is 0 Å². The molecular formula is C3H8Cl2NP. The highest BCUT2D eigenvalue weighted by atomic mass is 35.9. The Hall–Kier alpha value is 0.840. The third-order valence-corrected chi connectivity index (χ3v) is 3.57. The van der Waals surface area contributed by atoms with E-state index in [0.29, 0.717) is 0 Å². The van der Waals surface area contributed by atoms with Crippen molar-refractivity contribution in [3.05, 3.63) is 0 Å². The topological polar surface area (TPSA) is 3.24 Å². The van der Waals surface area contributed by atoms with Gasteiger partial charge in [-0.2, -0.15) is 0 Å². The summed E-state index contributed by atoms with van der Waals surface area (Å²) in [5.41, 5.74) is 0. The molecule has 4 heteroatoms. The van der Waals surface area contributed by atoms with Gasteiger partial charge in [-0.3, -0.25) is 4.67 Å². The molecule has 0 aliphatic rings. The number of rotatable bonds is 1. The van der Waals surface area contributed by atoms with Crippen molar-refractivity contribution >= 4 is 34.5 Å². The normalized spacial score (nSPS) is 12.7. The molecule has 0 heterocycles. The van der Waals surface area contributed by atoms with Gasteiger partial charge in [-0.1, -0.05) is 28.8 Å². The molecule has 1 nitrogen and oxygen atoms in total. The van der Waals surface area contributed by atoms with E-state index in [0.717, 1.165) is 0 Å². The standard InChI is InChI=1S/C3H8Cl2NP/c1-6(2)7(3,4)5/h3H2,1-2H3. The second kappa shape index (κ2) is 2.41. The molecule has 0 N–H and O–H groups in total. The van der Waals surface area contributed by atoms with Gasteiger partial charge in [-0.15, -0.1) is 0 Å². The van der Waals surface area contributed by atoms with Crippen LogP contribution >= 0.6 is 28.2 Å². The lowest BCUT2D eigenvalue weighted by Gasteiger charge is -2.14. The fourth-order valence-electron chi connectivity index (χ4n) is 0. The summed E-state index contributed by atoms with van der Waals surface area (Å²) in [5.74, 6) is -1.96. The number of nitrogens with zero attached hydrogens (tertiary/aromatic N) is 1. The third kappa shape index (κ3) is 3.42. The molecule has 0 aliphatic heterocycles. The van der Waals surface area contributed by atoms with E-state index >= 15 is 0 Å². The molecule has 0 saturated carbocycles. The van der Waals surface area contributed by atoms with E-state index in [1.165, 1.54) is 0 Å². The van der Waals surface area contributed by atoms with Gasteiger partial charge >= 0.3 is 0 Å². The van der Waals surface area contributed by atoms with Crippen molar-refractivity contribution in [3.8, 4) is 0 Å². The van der Waals surface area contributed by atoms with Gasteiger partial charge in [0.25, 0.3) is 0 Å². The zero-order valence-electron chi connectivity index (χ0n) is 4.36. The molecule has 0 aliphatic carbocycles. The molecule has 0 spiro atoms. The quantitative estimate of drug-likeness (QED) is 0.531. The minimum absolute atomic E-state index is 1.72. The summed E-state index contributed by atoms with van der Waals surface area (Å²) in [6.07, 6.45) is 3.54. The molecule has 0 rings (SSSR count). The first kappa shape index (κ1) is 7.84. The Morgan fingerprint density at radius 3 is 1.57 bits per heavy atom. The highest BCUT2D eigenvalue weighted by Crippen LogP contribution is 2.57. The number of hydrogen-bond acceptors (Lipinski definition) is 1. The van der Waals surface area contributed by atoms with Crippen molar-refractivity contribution in [3.63, 3.8) is 0 Å². The molecule has 0 radical (unpaired) electrons. The Labute approximate surface area is 53.8 Å². The Kier molecular flexibility index (Phi) is 2.70. The second-order valence-electron chi connectivity index (χ2n) is 1.44. The van der Waals surface area contributed by atoms with Crippen LogP contribution in [-0.2, 0) is 0 Å². The minimum atomic E-state index is -1.96. The van der Waals surface area contributed by atoms with E-state index in [-0.39, 0.29) is 0 Å². The number of hydrogen-bond donors (Lipinski definition) is 0. The van der Waals surface area contributed by atoms with Gasteiger partial charge in [0.2, 0.25) is 0 Å². The lowest BCUT2D eigenvalue weighted by Crippen LogP contribution is -1.99. The largest absolute Gasteiger partial charge is 0.267 e. The van der Waals surface area contributed by atoms with Crippen LogP contribution in [0.5, 0.6) is 0 Å². The first-order valence-corrected chi connectivity index (χ1v) is 5.49. The molecule has 0 atom stereocenters. The predicted octanol–water partition coefficient (Wildman–Crippen LogP) is 2.22. The van der Waals surface area contributed by atoms with Crippen LogP contribution in [0.1, 0.15) is 0 Å². The van der Waals surface area contributed by atoms with E-state index in [2.05, 4.69) is 6.30 Å². The van der Waals surface area contributed by atoms with Crippen LogP contribution < -0.4 is 0 Å². The summed E-state index contributed by atoms with van der Waals surface area (Å²) in [4.78, 5) is 0. The van der Waals surface area contributed by atoms with Crippen LogP contribution in [0.15, 0.2) is 0 Å². The van der Waals surface area contributed by atoms with E-state index in [1.54, 1.807) is 18.8 Å². The Morgan fingerprint density at radius 1 is 1.43 bits per heavy atom. The predicted molar refractivity (Wildman–Crippen MR) is 39.4 cm³/mol. The summed E-state index contributed by atoms with van der Waals surface area (Å²) in [5, 5.41) is 0. The highest BCUT2D eigenvalue weighted by Gasteiger charge is 2.05. The third-order valence-electron chi connectivity index (χ3n) is 0.585. The van der Waals surface area contributed by atoms with E-state index in [4.69, 9.17) is 22.5 Å². The lowest BCUT2D eigenvalue weighted by atomic mass is 11.3. The molecule has 0 aromatic heterocycles. The summed E-state index contributed by atoms with van der Waals surface area (Å²) < 4.78 is 1.72. The van der Waals surface area contributed by atoms with Crippen molar-refractivity contribution in [2.45, 2.75) is 0 Å². The van der Waals surface area contributed by atoms with Gasteiger partial charge < -0.3 is 0 Å². The first-order chi connectivity index (χ1) is 2.94. The van der Waals surface area contributed by atoms with Gasteiger partial charge in [-0.25, -0.2) is 0 Å². The van der Waals surface area contributed by atoms with Gasteiger partial charge in [0.15, 0.2) is 0 Å². The van der Waals surface area contributed by atoms with Gasteiger partial charge in [0, 0.05) is 0 Å². The van der Waals surface area contributed by atoms with Crippen molar-refractivity contribution in [1.82, 2.24) is 4.67 Å². The fourth-order valence-corrected chi connectivity index (χ4v) is 0. The zero-order valence-corrected chi connectivity index (χ0v) is 6.76. The van der Waals surface area contributed by atoms with E-state index < -0.39 is 5.74 Å². The number of halogens is 2. The average molecular weight is 160 g/mol. The van der Waals surface area contributed by atoms with Crippen molar-refractivity contribution in [2.24, 2.45) is 0 Å². The molecule has 0 bridgehead atoms. The summed E-state index contributed by atoms with van der Waals surface area (Å²) in [7, 11) is 3.61. The monoisotopic (exact) mass is 159 g/mol. The molecule has 0 unspecified atom stereocenters. The van der Waals surface area contributed by atoms with Crippen LogP contribution in [-0.4, -0.2) is 25.1 Å². The van der Waals surface area contributed by atoms with E-state index in [9.17, 15) is 0 Å². The van der Waals surface area contributed by atoms with Crippen LogP contribution in [0.25, 0.3) is 0 Å². The average Bonchev–Trinajstić information content (AvgIpc) is 1.31. The van der Waals surface area contributed by atoms with Crippen LogP contribution in [0.4, 0.5) is 0 Å². The Morgan fingerprint density at radius 2 is 1.57 bits per heavy atom. The summed E-state index contributed by atoms with van der Waals surface area (Å²) in [6, 6.07) is 0. The zero-order chi connectivity index (χ0) is 6.08. The molecule has 44 valence electrons. The van der Waals surface area contributed by atoms with Crippen molar-refractivity contribution < 1.29 is 0 Å². The second-order valence-corrected chi connectivity index (χ2v) is 7.31. The summed E-state index contributed by atoms with van der Waals surface area (Å²) >= 11 is 11.1. The first-order valence-electron chi connectivity index (χ1n) is 1.75. The minimum Gasteiger partial charge on any atom is -0.267 e. The molecular weight excluding hydrogens is 152 g/mol. The molecule has 0 fully saturated rings. The Bertz CT molecular complexity index is 95.1. The van der Waals surface area contributed by atoms with Crippen molar-refractivity contribution in [2.75, 3.05) is 14.1 Å². The van der Waals surface area contributed by atoms with Crippen LogP contribution in [0, 0.1) is 0 Å². The smallest absolute Gasteiger partial charge is 0.115 e. The van der Waals surface area contributed by atoms with Crippen LogP contribution in [0.2, 0.25) is 0 Å². The fraction of sp³-hybridized carbons (Fsp3) is 0.667. The maximum Gasteiger partial charge on any atom is 0.115 e. The summed E-state index contributed by atoms with van der Waals surface area (Å²) in [6.45, 7) is 0. The Balaban J connectivity index is 3.80. The SMILES string of the molecule is C=P(Cl)(Cl)N(C)C. The molecule has 0 aromatic carbocycles.